The highest BCUT2D eigenvalue weighted by molar-refractivity contribution is 7.15. The lowest BCUT2D eigenvalue weighted by Crippen LogP contribution is -2.20. The molecule has 2 rings (SSSR count). The summed E-state index contributed by atoms with van der Waals surface area (Å²) in [5, 5.41) is 12.8. The van der Waals surface area contributed by atoms with Crippen LogP contribution in [-0.4, -0.2) is 30.3 Å². The third kappa shape index (κ3) is 4.33. The van der Waals surface area contributed by atoms with Gasteiger partial charge in [0.1, 0.15) is 22.1 Å². The molecule has 26 heavy (non-hydrogen) atoms. The topological polar surface area (TPSA) is 73.3 Å². The summed E-state index contributed by atoms with van der Waals surface area (Å²) in [5.41, 5.74) is 0.331. The van der Waals surface area contributed by atoms with Crippen LogP contribution in [-0.2, 0) is 5.41 Å². The van der Waals surface area contributed by atoms with Gasteiger partial charge in [0.2, 0.25) is 5.13 Å². The molecule has 142 valence electrons. The molecule has 1 amide bonds. The van der Waals surface area contributed by atoms with Crippen molar-refractivity contribution in [2.75, 3.05) is 19.5 Å². The molecule has 1 aromatic carbocycles. The second kappa shape index (κ2) is 8.98. The Morgan fingerprint density at radius 3 is 2.38 bits per heavy atom. The third-order valence-corrected chi connectivity index (χ3v) is 5.82. The maximum Gasteiger partial charge on any atom is 0.265 e. The van der Waals surface area contributed by atoms with Crippen molar-refractivity contribution in [1.29, 1.82) is 0 Å². The molecule has 0 aliphatic rings. The number of nitrogens with one attached hydrogen (secondary N) is 1. The van der Waals surface area contributed by atoms with Crippen LogP contribution in [0, 0.1) is 0 Å². The van der Waals surface area contributed by atoms with Gasteiger partial charge in [-0.05, 0) is 25.0 Å². The van der Waals surface area contributed by atoms with Gasteiger partial charge in [-0.2, -0.15) is 0 Å². The van der Waals surface area contributed by atoms with Gasteiger partial charge in [-0.25, -0.2) is 0 Å². The van der Waals surface area contributed by atoms with E-state index in [0.717, 1.165) is 30.7 Å². The summed E-state index contributed by atoms with van der Waals surface area (Å²) in [5.74, 6) is 0.578. The average Bonchev–Trinajstić information content (AvgIpc) is 3.14. The van der Waals surface area contributed by atoms with E-state index < -0.39 is 0 Å². The van der Waals surface area contributed by atoms with Crippen LogP contribution in [0.15, 0.2) is 18.2 Å². The van der Waals surface area contributed by atoms with Gasteiger partial charge in [0.05, 0.1) is 14.2 Å². The van der Waals surface area contributed by atoms with Gasteiger partial charge in [0.25, 0.3) is 5.91 Å². The van der Waals surface area contributed by atoms with E-state index >= 15 is 0 Å². The van der Waals surface area contributed by atoms with Gasteiger partial charge in [-0.15, -0.1) is 10.2 Å². The Balaban J connectivity index is 2.23. The molecule has 0 aliphatic carbocycles. The van der Waals surface area contributed by atoms with Crippen LogP contribution in [0.25, 0.3) is 0 Å². The fourth-order valence-electron chi connectivity index (χ4n) is 2.75. The number of nitrogens with zero attached hydrogens (tertiary/aromatic N) is 2. The van der Waals surface area contributed by atoms with Crippen LogP contribution in [0.1, 0.15) is 61.8 Å². The van der Waals surface area contributed by atoms with Crippen LogP contribution in [0.2, 0.25) is 0 Å². The van der Waals surface area contributed by atoms with E-state index in [4.69, 9.17) is 9.47 Å². The molecule has 1 unspecified atom stereocenters. The highest BCUT2D eigenvalue weighted by Crippen LogP contribution is 2.36. The van der Waals surface area contributed by atoms with E-state index in [-0.39, 0.29) is 11.3 Å². The van der Waals surface area contributed by atoms with Gasteiger partial charge in [0.15, 0.2) is 0 Å². The van der Waals surface area contributed by atoms with Gasteiger partial charge >= 0.3 is 0 Å². The maximum absolute atomic E-state index is 12.7. The first kappa shape index (κ1) is 20.2. The van der Waals surface area contributed by atoms with E-state index in [2.05, 4.69) is 36.3 Å². The first-order chi connectivity index (χ1) is 12.5. The summed E-state index contributed by atoms with van der Waals surface area (Å²) in [7, 11) is 3.05. The molecule has 1 aromatic heterocycles. The molecule has 0 spiro atoms. The average molecular weight is 378 g/mol. The molecule has 0 aliphatic heterocycles. The van der Waals surface area contributed by atoms with Crippen LogP contribution >= 0.6 is 11.3 Å². The highest BCUT2D eigenvalue weighted by Gasteiger charge is 2.29. The van der Waals surface area contributed by atoms with Crippen molar-refractivity contribution >= 4 is 22.4 Å². The first-order valence-electron chi connectivity index (χ1n) is 8.85. The molecule has 7 heteroatoms. The minimum absolute atomic E-state index is 0.0151. The quantitative estimate of drug-likeness (QED) is 0.688. The number of anilines is 1. The molecule has 0 saturated heterocycles. The number of carbonyl (C=O) groups excluding carboxylic acids is 1. The van der Waals surface area contributed by atoms with Crippen LogP contribution in [0.3, 0.4) is 0 Å². The van der Waals surface area contributed by atoms with Gasteiger partial charge < -0.3 is 9.47 Å². The Hall–Kier alpha value is -2.15. The molecule has 0 fully saturated rings. The lowest BCUT2D eigenvalue weighted by Gasteiger charge is -2.24. The van der Waals surface area contributed by atoms with Crippen molar-refractivity contribution in [3.63, 3.8) is 0 Å². The second-order valence-corrected chi connectivity index (χ2v) is 7.40. The molecule has 0 radical (unpaired) electrons. The number of hydrogen-bond donors (Lipinski definition) is 1. The van der Waals surface area contributed by atoms with E-state index in [1.807, 2.05) is 0 Å². The number of unbranched alkanes of at least 4 members (excludes halogenated alkanes) is 1. The Morgan fingerprint density at radius 2 is 1.85 bits per heavy atom. The van der Waals surface area contributed by atoms with E-state index in [9.17, 15) is 4.79 Å². The Morgan fingerprint density at radius 1 is 1.19 bits per heavy atom. The number of ether oxygens (including phenoxy) is 2. The fourth-order valence-corrected chi connectivity index (χ4v) is 3.74. The second-order valence-electron chi connectivity index (χ2n) is 6.42. The number of aromatic nitrogens is 2. The summed E-state index contributed by atoms with van der Waals surface area (Å²) in [6, 6.07) is 5.22. The summed E-state index contributed by atoms with van der Waals surface area (Å²) >= 11 is 1.43. The van der Waals surface area contributed by atoms with Gasteiger partial charge in [0, 0.05) is 5.41 Å². The zero-order valence-corrected chi connectivity index (χ0v) is 16.9. The fraction of sp³-hybridized carbons (Fsp3) is 0.526. The van der Waals surface area contributed by atoms with Gasteiger partial charge in [-0.3, -0.25) is 10.1 Å². The third-order valence-electron chi connectivity index (χ3n) is 4.68. The Bertz CT molecular complexity index is 725. The van der Waals surface area contributed by atoms with E-state index in [1.165, 1.54) is 25.6 Å². The van der Waals surface area contributed by atoms with E-state index in [0.29, 0.717) is 22.2 Å². The summed E-state index contributed by atoms with van der Waals surface area (Å²) in [4.78, 5) is 12.7. The van der Waals surface area contributed by atoms with Crippen molar-refractivity contribution in [3.8, 4) is 11.5 Å². The van der Waals surface area contributed by atoms with Crippen LogP contribution in [0.4, 0.5) is 5.13 Å². The number of rotatable bonds is 9. The molecule has 1 atom stereocenters. The van der Waals surface area contributed by atoms with Crippen molar-refractivity contribution < 1.29 is 14.3 Å². The highest BCUT2D eigenvalue weighted by atomic mass is 32.1. The predicted octanol–water partition coefficient (Wildman–Crippen LogP) is 4.67. The molecule has 1 N–H and O–H groups in total. The van der Waals surface area contributed by atoms with Crippen molar-refractivity contribution in [3.05, 3.63) is 28.8 Å². The Kier molecular flexibility index (Phi) is 6.97. The lowest BCUT2D eigenvalue weighted by atomic mass is 9.83. The minimum Gasteiger partial charge on any atom is -0.496 e. The zero-order valence-electron chi connectivity index (χ0n) is 16.1. The maximum atomic E-state index is 12.7. The molecule has 0 bridgehead atoms. The van der Waals surface area contributed by atoms with E-state index in [1.54, 1.807) is 18.2 Å². The molecule has 1 heterocycles. The number of methoxy groups -OCH3 is 2. The molecule has 6 nitrogen and oxygen atoms in total. The number of benzene rings is 1. The van der Waals surface area contributed by atoms with Crippen LogP contribution < -0.4 is 14.8 Å². The normalized spacial score (nSPS) is 13.1. The van der Waals surface area contributed by atoms with Crippen molar-refractivity contribution in [2.45, 2.75) is 51.9 Å². The largest absolute Gasteiger partial charge is 0.496 e. The SMILES string of the molecule is CCCCC(C)(CC)c1nnc(NC(=O)c2c(OC)cccc2OC)s1. The minimum atomic E-state index is -0.325. The molecular weight excluding hydrogens is 350 g/mol. The lowest BCUT2D eigenvalue weighted by molar-refractivity contribution is 0.102. The number of amides is 1. The van der Waals surface area contributed by atoms with Gasteiger partial charge in [-0.1, -0.05) is 51.0 Å². The molecule has 2 aromatic rings. The standard InChI is InChI=1S/C19H27N3O3S/c1-6-8-12-19(3,7-2)17-21-22-18(26-17)20-16(23)15-13(24-4)10-9-11-14(15)25-5/h9-11H,6-8,12H2,1-5H3,(H,20,22,23). The predicted molar refractivity (Wildman–Crippen MR) is 105 cm³/mol. The molecule has 0 saturated carbocycles. The number of carbonyl (C=O) groups is 1. The first-order valence-corrected chi connectivity index (χ1v) is 9.67. The zero-order chi connectivity index (χ0) is 19.2. The monoisotopic (exact) mass is 377 g/mol. The van der Waals surface area contributed by atoms with Crippen LogP contribution in [0.5, 0.6) is 11.5 Å². The Labute approximate surface area is 158 Å². The summed E-state index contributed by atoms with van der Waals surface area (Å²) in [6.45, 7) is 6.55. The number of hydrogen-bond acceptors (Lipinski definition) is 6. The summed E-state index contributed by atoms with van der Waals surface area (Å²) < 4.78 is 10.6. The summed E-state index contributed by atoms with van der Waals surface area (Å²) in [6.07, 6.45) is 4.33. The van der Waals surface area contributed by atoms with Crippen molar-refractivity contribution in [1.82, 2.24) is 10.2 Å². The van der Waals surface area contributed by atoms with Crippen molar-refractivity contribution in [2.24, 2.45) is 0 Å². The molecular formula is C19H27N3O3S. The smallest absolute Gasteiger partial charge is 0.265 e.